The minimum Gasteiger partial charge on any atom is -0.313 e. The molecule has 0 bridgehead atoms. The summed E-state index contributed by atoms with van der Waals surface area (Å²) in [6.45, 7) is 0. The van der Waals surface area contributed by atoms with Crippen molar-refractivity contribution in [3.8, 4) is 11.4 Å². The van der Waals surface area contributed by atoms with Gasteiger partial charge < -0.3 is 9.13 Å². The zero-order valence-electron chi connectivity index (χ0n) is 26.3. The van der Waals surface area contributed by atoms with Crippen LogP contribution in [-0.2, 0) is 6.42 Å². The first kappa shape index (κ1) is 26.0. The molecule has 0 spiro atoms. The maximum Gasteiger partial charge on any atom is 0.0619 e. The van der Waals surface area contributed by atoms with Crippen molar-refractivity contribution in [3.05, 3.63) is 163 Å². The zero-order chi connectivity index (χ0) is 31.3. The molecule has 2 aromatic heterocycles. The fourth-order valence-corrected chi connectivity index (χ4v) is 8.66. The Morgan fingerprint density at radius 3 is 1.79 bits per heavy atom. The molecule has 224 valence electrons. The highest BCUT2D eigenvalue weighted by molar-refractivity contribution is 6.30. The Balaban J connectivity index is 1.32. The Labute approximate surface area is 277 Å². The number of hydrogen-bond acceptors (Lipinski definition) is 0. The fourth-order valence-electron chi connectivity index (χ4n) is 8.66. The molecule has 1 aliphatic rings. The van der Waals surface area contributed by atoms with Crippen molar-refractivity contribution in [1.29, 1.82) is 0 Å². The smallest absolute Gasteiger partial charge is 0.0619 e. The van der Waals surface area contributed by atoms with Gasteiger partial charge in [-0.15, -0.1) is 0 Å². The van der Waals surface area contributed by atoms with Gasteiger partial charge in [-0.3, -0.25) is 0 Å². The molecule has 11 rings (SSSR count). The molecule has 0 amide bonds. The summed E-state index contributed by atoms with van der Waals surface area (Å²) >= 11 is 0. The van der Waals surface area contributed by atoms with Gasteiger partial charge in [0.2, 0.25) is 0 Å². The normalized spacial score (nSPS) is 13.2. The SMILES string of the molecule is C1=Cc2c(n(-c3ccccc3)c3cc(-n4c5cc6c7ccccc7c7ccccc7c6cc5c5ccc6ccccc6c54)ccc23)CC1. The number of aromatic nitrogens is 2. The maximum atomic E-state index is 2.53. The molecular weight excluding hydrogens is 581 g/mol. The van der Waals surface area contributed by atoms with Crippen molar-refractivity contribution in [2.45, 2.75) is 12.8 Å². The molecule has 2 heterocycles. The highest BCUT2D eigenvalue weighted by atomic mass is 15.0. The summed E-state index contributed by atoms with van der Waals surface area (Å²) in [5.74, 6) is 0. The second kappa shape index (κ2) is 9.70. The molecule has 0 saturated carbocycles. The van der Waals surface area contributed by atoms with Gasteiger partial charge in [-0.05, 0) is 86.9 Å². The van der Waals surface area contributed by atoms with Crippen molar-refractivity contribution in [1.82, 2.24) is 9.13 Å². The Morgan fingerprint density at radius 1 is 0.396 bits per heavy atom. The van der Waals surface area contributed by atoms with Crippen LogP contribution < -0.4 is 0 Å². The zero-order valence-corrected chi connectivity index (χ0v) is 26.3. The topological polar surface area (TPSA) is 9.86 Å². The van der Waals surface area contributed by atoms with Gasteiger partial charge in [0.1, 0.15) is 0 Å². The third-order valence-corrected chi connectivity index (χ3v) is 10.7. The van der Waals surface area contributed by atoms with Gasteiger partial charge >= 0.3 is 0 Å². The van der Waals surface area contributed by atoms with Gasteiger partial charge in [0.05, 0.1) is 16.6 Å². The highest BCUT2D eigenvalue weighted by Crippen LogP contribution is 2.43. The monoisotopic (exact) mass is 610 g/mol. The van der Waals surface area contributed by atoms with E-state index in [0.717, 1.165) is 12.8 Å². The lowest BCUT2D eigenvalue weighted by atomic mass is 9.93. The summed E-state index contributed by atoms with van der Waals surface area (Å²) in [5.41, 5.74) is 8.89. The number of hydrogen-bond donors (Lipinski definition) is 0. The summed E-state index contributed by atoms with van der Waals surface area (Å²) in [6.07, 6.45) is 6.76. The van der Waals surface area contributed by atoms with E-state index in [2.05, 4.69) is 167 Å². The standard InChI is InChI=1S/C46H30N2/c1-2-13-30(14-3-1)47-43-21-11-10-20-37(43)38-25-23-31(26-44(38)47)48-45-28-41-36-19-9-7-17-34(36)33-16-6-8-18-35(33)40(41)27-42(45)39-24-22-29-12-4-5-15-32(29)46(39)48/h1-10,12-20,22-28H,11,21H2. The van der Waals surface area contributed by atoms with Gasteiger partial charge in [0.15, 0.2) is 0 Å². The van der Waals surface area contributed by atoms with Crippen LogP contribution in [0.1, 0.15) is 17.7 Å². The molecule has 0 aliphatic heterocycles. The summed E-state index contributed by atoms with van der Waals surface area (Å²) in [6, 6.07) is 54.1. The first-order valence-corrected chi connectivity index (χ1v) is 16.9. The van der Waals surface area contributed by atoms with Crippen LogP contribution in [0.25, 0.3) is 93.2 Å². The molecule has 2 heteroatoms. The number of allylic oxidation sites excluding steroid dienone is 1. The van der Waals surface area contributed by atoms with Crippen molar-refractivity contribution >= 4 is 81.9 Å². The lowest BCUT2D eigenvalue weighted by Crippen LogP contribution is -2.03. The third-order valence-electron chi connectivity index (χ3n) is 10.7. The third kappa shape index (κ3) is 3.47. The largest absolute Gasteiger partial charge is 0.313 e. The lowest BCUT2D eigenvalue weighted by Gasteiger charge is -2.14. The number of nitrogens with zero attached hydrogens (tertiary/aromatic N) is 2. The van der Waals surface area contributed by atoms with Gasteiger partial charge in [0.25, 0.3) is 0 Å². The van der Waals surface area contributed by atoms with E-state index >= 15 is 0 Å². The van der Waals surface area contributed by atoms with E-state index < -0.39 is 0 Å². The van der Waals surface area contributed by atoms with Gasteiger partial charge in [-0.1, -0.05) is 121 Å². The molecule has 0 radical (unpaired) electrons. The average molecular weight is 611 g/mol. The summed E-state index contributed by atoms with van der Waals surface area (Å²) < 4.78 is 5.03. The minimum atomic E-state index is 1.04. The van der Waals surface area contributed by atoms with Crippen molar-refractivity contribution in [2.24, 2.45) is 0 Å². The molecule has 0 unspecified atom stereocenters. The van der Waals surface area contributed by atoms with E-state index in [-0.39, 0.29) is 0 Å². The summed E-state index contributed by atoms with van der Waals surface area (Å²) in [7, 11) is 0. The van der Waals surface area contributed by atoms with E-state index in [4.69, 9.17) is 0 Å². The first-order chi connectivity index (χ1) is 23.8. The van der Waals surface area contributed by atoms with Crippen LogP contribution in [0.5, 0.6) is 0 Å². The van der Waals surface area contributed by atoms with Crippen molar-refractivity contribution in [3.63, 3.8) is 0 Å². The molecule has 0 atom stereocenters. The maximum absolute atomic E-state index is 2.53. The predicted molar refractivity (Wildman–Crippen MR) is 205 cm³/mol. The Kier molecular flexibility index (Phi) is 5.25. The van der Waals surface area contributed by atoms with Crippen LogP contribution in [0.4, 0.5) is 0 Å². The molecule has 0 fully saturated rings. The van der Waals surface area contributed by atoms with Crippen LogP contribution in [0.15, 0.2) is 152 Å². The Morgan fingerprint density at radius 2 is 1.02 bits per heavy atom. The Hall–Kier alpha value is -6.12. The molecule has 1 aliphatic carbocycles. The quantitative estimate of drug-likeness (QED) is 0.172. The second-order valence-electron chi connectivity index (χ2n) is 13.2. The lowest BCUT2D eigenvalue weighted by molar-refractivity contribution is 0.888. The number of benzene rings is 8. The van der Waals surface area contributed by atoms with Crippen molar-refractivity contribution < 1.29 is 0 Å². The van der Waals surface area contributed by atoms with E-state index in [9.17, 15) is 0 Å². The Bertz CT molecular complexity index is 2990. The molecule has 10 aromatic rings. The molecule has 48 heavy (non-hydrogen) atoms. The molecule has 0 N–H and O–H groups in total. The molecule has 0 saturated heterocycles. The van der Waals surface area contributed by atoms with Crippen molar-refractivity contribution in [2.75, 3.05) is 0 Å². The second-order valence-corrected chi connectivity index (χ2v) is 13.2. The van der Waals surface area contributed by atoms with Crippen LogP contribution in [0.3, 0.4) is 0 Å². The summed E-state index contributed by atoms with van der Waals surface area (Å²) in [5, 5.41) is 14.2. The first-order valence-electron chi connectivity index (χ1n) is 16.9. The number of rotatable bonds is 2. The highest BCUT2D eigenvalue weighted by Gasteiger charge is 2.22. The van der Waals surface area contributed by atoms with Crippen LogP contribution >= 0.6 is 0 Å². The van der Waals surface area contributed by atoms with E-state index in [0.29, 0.717) is 0 Å². The van der Waals surface area contributed by atoms with Gasteiger partial charge in [-0.2, -0.15) is 0 Å². The number of para-hydroxylation sites is 1. The molecule has 8 aromatic carbocycles. The molecular formula is C46H30N2. The van der Waals surface area contributed by atoms with Crippen LogP contribution in [0, 0.1) is 0 Å². The average Bonchev–Trinajstić information content (AvgIpc) is 3.67. The number of fused-ring (bicyclic) bond motifs is 14. The van der Waals surface area contributed by atoms with E-state index in [1.807, 2.05) is 0 Å². The summed E-state index contributed by atoms with van der Waals surface area (Å²) in [4.78, 5) is 0. The molecule has 2 nitrogen and oxygen atoms in total. The van der Waals surface area contributed by atoms with E-state index in [1.165, 1.54) is 98.4 Å². The van der Waals surface area contributed by atoms with Gasteiger partial charge in [-0.25, -0.2) is 0 Å². The van der Waals surface area contributed by atoms with Gasteiger partial charge in [0, 0.05) is 44.2 Å². The van der Waals surface area contributed by atoms with E-state index in [1.54, 1.807) is 0 Å². The predicted octanol–water partition coefficient (Wildman–Crippen LogP) is 12.3. The van der Waals surface area contributed by atoms with Crippen LogP contribution in [0.2, 0.25) is 0 Å². The van der Waals surface area contributed by atoms with Crippen LogP contribution in [-0.4, -0.2) is 9.13 Å². The minimum absolute atomic E-state index is 1.04. The fraction of sp³-hybridized carbons (Fsp3) is 0.0435.